The zero-order valence-corrected chi connectivity index (χ0v) is 12.1. The number of hydrogen-bond donors (Lipinski definition) is 3. The monoisotopic (exact) mass is 277 g/mol. The van der Waals surface area contributed by atoms with Crippen LogP contribution >= 0.6 is 0 Å². The molecule has 1 aliphatic heterocycles. The lowest BCUT2D eigenvalue weighted by Crippen LogP contribution is -2.42. The number of carbonyl (C=O) groups is 1. The quantitative estimate of drug-likeness (QED) is 0.791. The fourth-order valence-electron chi connectivity index (χ4n) is 2.23. The van der Waals surface area contributed by atoms with Gasteiger partial charge in [-0.05, 0) is 44.5 Å². The third-order valence-electron chi connectivity index (χ3n) is 3.60. The maximum atomic E-state index is 11.9. The first-order chi connectivity index (χ1) is 9.69. The molecular weight excluding hydrogens is 254 g/mol. The minimum absolute atomic E-state index is 0.118. The normalized spacial score (nSPS) is 20.2. The second kappa shape index (κ2) is 7.26. The van der Waals surface area contributed by atoms with Crippen LogP contribution in [0, 0.1) is 0 Å². The summed E-state index contributed by atoms with van der Waals surface area (Å²) >= 11 is 0. The van der Waals surface area contributed by atoms with Crippen molar-refractivity contribution in [3.05, 3.63) is 29.8 Å². The van der Waals surface area contributed by atoms with Gasteiger partial charge in [-0.1, -0.05) is 12.1 Å². The number of anilines is 1. The van der Waals surface area contributed by atoms with Crippen molar-refractivity contribution >= 4 is 11.7 Å². The van der Waals surface area contributed by atoms with Gasteiger partial charge in [0.25, 0.3) is 0 Å². The van der Waals surface area contributed by atoms with E-state index in [2.05, 4.69) is 22.9 Å². The molecule has 3 N–H and O–H groups in total. The molecule has 1 fully saturated rings. The Balaban J connectivity index is 1.84. The lowest BCUT2D eigenvalue weighted by atomic mass is 10.1. The van der Waals surface area contributed by atoms with Gasteiger partial charge in [0.2, 0.25) is 0 Å². The molecule has 0 aromatic heterocycles. The summed E-state index contributed by atoms with van der Waals surface area (Å²) in [7, 11) is 1.93. The minimum atomic E-state index is -0.171. The third kappa shape index (κ3) is 4.21. The highest BCUT2D eigenvalue weighted by molar-refractivity contribution is 5.89. The Hall–Kier alpha value is -1.59. The Kier molecular flexibility index (Phi) is 5.38. The predicted molar refractivity (Wildman–Crippen MR) is 79.9 cm³/mol. The number of carbonyl (C=O) groups excluding carboxylic acids is 1. The molecular formula is C15H23N3O2. The van der Waals surface area contributed by atoms with E-state index in [1.165, 1.54) is 5.56 Å². The van der Waals surface area contributed by atoms with E-state index in [-0.39, 0.29) is 12.1 Å². The Morgan fingerprint density at radius 2 is 2.10 bits per heavy atom. The lowest BCUT2D eigenvalue weighted by Gasteiger charge is -2.23. The van der Waals surface area contributed by atoms with Crippen LogP contribution in [0.4, 0.5) is 10.5 Å². The third-order valence-corrected chi connectivity index (χ3v) is 3.60. The smallest absolute Gasteiger partial charge is 0.319 e. The zero-order chi connectivity index (χ0) is 14.4. The van der Waals surface area contributed by atoms with Crippen LogP contribution in [-0.2, 0) is 4.74 Å². The SMILES string of the molecule is CNC(C)c1ccc(NC(=O)NC2CCCOC2)cc1. The fourth-order valence-corrected chi connectivity index (χ4v) is 2.23. The van der Waals surface area contributed by atoms with Gasteiger partial charge < -0.3 is 20.7 Å². The molecule has 1 saturated heterocycles. The van der Waals surface area contributed by atoms with Crippen molar-refractivity contribution in [1.82, 2.24) is 10.6 Å². The summed E-state index contributed by atoms with van der Waals surface area (Å²) in [6.07, 6.45) is 1.98. The van der Waals surface area contributed by atoms with Crippen LogP contribution in [0.1, 0.15) is 31.4 Å². The second-order valence-electron chi connectivity index (χ2n) is 5.14. The molecule has 20 heavy (non-hydrogen) atoms. The number of hydrogen-bond acceptors (Lipinski definition) is 3. The maximum Gasteiger partial charge on any atom is 0.319 e. The van der Waals surface area contributed by atoms with Crippen molar-refractivity contribution in [1.29, 1.82) is 0 Å². The molecule has 1 aliphatic rings. The van der Waals surface area contributed by atoms with Gasteiger partial charge in [-0.15, -0.1) is 0 Å². The van der Waals surface area contributed by atoms with Crippen LogP contribution < -0.4 is 16.0 Å². The molecule has 0 aliphatic carbocycles. The van der Waals surface area contributed by atoms with Gasteiger partial charge in [-0.2, -0.15) is 0 Å². The molecule has 2 atom stereocenters. The van der Waals surface area contributed by atoms with E-state index < -0.39 is 0 Å². The van der Waals surface area contributed by atoms with Crippen LogP contribution in [-0.4, -0.2) is 32.3 Å². The Morgan fingerprint density at radius 3 is 2.70 bits per heavy atom. The van der Waals surface area contributed by atoms with Crippen LogP contribution in [0.15, 0.2) is 24.3 Å². The van der Waals surface area contributed by atoms with Crippen LogP contribution in [0.3, 0.4) is 0 Å². The first-order valence-corrected chi connectivity index (χ1v) is 7.11. The molecule has 1 heterocycles. The van der Waals surface area contributed by atoms with E-state index in [1.54, 1.807) is 0 Å². The molecule has 2 unspecified atom stereocenters. The van der Waals surface area contributed by atoms with Gasteiger partial charge in [-0.3, -0.25) is 0 Å². The van der Waals surface area contributed by atoms with Crippen molar-refractivity contribution in [3.63, 3.8) is 0 Å². The van der Waals surface area contributed by atoms with E-state index in [0.717, 1.165) is 25.1 Å². The molecule has 0 spiro atoms. The number of benzene rings is 1. The largest absolute Gasteiger partial charge is 0.379 e. The fraction of sp³-hybridized carbons (Fsp3) is 0.533. The molecule has 0 radical (unpaired) electrons. The van der Waals surface area contributed by atoms with Crippen molar-refractivity contribution in [3.8, 4) is 0 Å². The Labute approximate surface area is 120 Å². The summed E-state index contributed by atoms with van der Waals surface area (Å²) in [5.74, 6) is 0. The average molecular weight is 277 g/mol. The molecule has 110 valence electrons. The highest BCUT2D eigenvalue weighted by atomic mass is 16.5. The van der Waals surface area contributed by atoms with Gasteiger partial charge in [0.15, 0.2) is 0 Å². The second-order valence-corrected chi connectivity index (χ2v) is 5.14. The van der Waals surface area contributed by atoms with E-state index in [9.17, 15) is 4.79 Å². The summed E-state index contributed by atoms with van der Waals surface area (Å²) in [5.41, 5.74) is 1.99. The van der Waals surface area contributed by atoms with Gasteiger partial charge in [0, 0.05) is 18.3 Å². The van der Waals surface area contributed by atoms with E-state index in [4.69, 9.17) is 4.74 Å². The van der Waals surface area contributed by atoms with Crippen LogP contribution in [0.2, 0.25) is 0 Å². The lowest BCUT2D eigenvalue weighted by molar-refractivity contribution is 0.0739. The average Bonchev–Trinajstić information content (AvgIpc) is 2.48. The maximum absolute atomic E-state index is 11.9. The van der Waals surface area contributed by atoms with E-state index in [0.29, 0.717) is 12.6 Å². The van der Waals surface area contributed by atoms with Gasteiger partial charge in [-0.25, -0.2) is 4.79 Å². The van der Waals surface area contributed by atoms with Crippen LogP contribution in [0.5, 0.6) is 0 Å². The first kappa shape index (κ1) is 14.8. The van der Waals surface area contributed by atoms with E-state index in [1.807, 2.05) is 31.3 Å². The number of ether oxygens (including phenoxy) is 1. The summed E-state index contributed by atoms with van der Waals surface area (Å²) in [6.45, 7) is 3.50. The predicted octanol–water partition coefficient (Wildman–Crippen LogP) is 2.27. The first-order valence-electron chi connectivity index (χ1n) is 7.11. The van der Waals surface area contributed by atoms with Crippen molar-refractivity contribution in [2.45, 2.75) is 31.8 Å². The van der Waals surface area contributed by atoms with Gasteiger partial charge in [0.1, 0.15) is 0 Å². The van der Waals surface area contributed by atoms with Crippen molar-refractivity contribution in [2.75, 3.05) is 25.6 Å². The highest BCUT2D eigenvalue weighted by Crippen LogP contribution is 2.15. The number of rotatable bonds is 4. The summed E-state index contributed by atoms with van der Waals surface area (Å²) in [5, 5.41) is 8.96. The number of urea groups is 1. The molecule has 1 aromatic rings. The molecule has 0 bridgehead atoms. The van der Waals surface area contributed by atoms with Crippen molar-refractivity contribution in [2.24, 2.45) is 0 Å². The van der Waals surface area contributed by atoms with Gasteiger partial charge in [0.05, 0.1) is 12.6 Å². The summed E-state index contributed by atoms with van der Waals surface area (Å²) in [4.78, 5) is 11.9. The minimum Gasteiger partial charge on any atom is -0.379 e. The number of nitrogens with one attached hydrogen (secondary N) is 3. The van der Waals surface area contributed by atoms with E-state index >= 15 is 0 Å². The Bertz CT molecular complexity index is 427. The standard InChI is InChI=1S/C15H23N3O2/c1-11(16-2)12-5-7-13(8-6-12)17-15(19)18-14-4-3-9-20-10-14/h5-8,11,14,16H,3-4,9-10H2,1-2H3,(H2,17,18,19). The van der Waals surface area contributed by atoms with Crippen molar-refractivity contribution < 1.29 is 9.53 Å². The molecule has 1 aromatic carbocycles. The number of amides is 2. The molecule has 0 saturated carbocycles. The molecule has 5 nitrogen and oxygen atoms in total. The molecule has 2 amide bonds. The zero-order valence-electron chi connectivity index (χ0n) is 12.1. The highest BCUT2D eigenvalue weighted by Gasteiger charge is 2.16. The molecule has 5 heteroatoms. The Morgan fingerprint density at radius 1 is 1.35 bits per heavy atom. The topological polar surface area (TPSA) is 62.4 Å². The van der Waals surface area contributed by atoms with Gasteiger partial charge >= 0.3 is 6.03 Å². The summed E-state index contributed by atoms with van der Waals surface area (Å²) < 4.78 is 5.34. The molecule has 2 rings (SSSR count). The van der Waals surface area contributed by atoms with Crippen LogP contribution in [0.25, 0.3) is 0 Å². The summed E-state index contributed by atoms with van der Waals surface area (Å²) in [6, 6.07) is 8.11.